The van der Waals surface area contributed by atoms with Crippen LogP contribution in [0, 0.1) is 0 Å². The molecule has 0 amide bonds. The van der Waals surface area contributed by atoms with Crippen LogP contribution in [0.2, 0.25) is 0 Å². The molecule has 0 atom stereocenters. The van der Waals surface area contributed by atoms with E-state index < -0.39 is 10.0 Å². The monoisotopic (exact) mass is 284 g/mol. The van der Waals surface area contributed by atoms with E-state index in [1.807, 2.05) is 12.1 Å². The molecule has 0 radical (unpaired) electrons. The zero-order valence-electron chi connectivity index (χ0n) is 11.9. The Morgan fingerprint density at radius 3 is 2.16 bits per heavy atom. The molecule has 1 rings (SSSR count). The first-order valence-electron chi connectivity index (χ1n) is 6.56. The molecule has 0 bridgehead atoms. The predicted octanol–water partition coefficient (Wildman–Crippen LogP) is 2.46. The number of unbranched alkanes of at least 4 members (excludes halogenated alkanes) is 1. The highest BCUT2D eigenvalue weighted by Crippen LogP contribution is 2.23. The van der Waals surface area contributed by atoms with Gasteiger partial charge in [-0.2, -0.15) is 0 Å². The van der Waals surface area contributed by atoms with Crippen LogP contribution in [0.3, 0.4) is 0 Å². The fraction of sp³-hybridized carbons (Fsp3) is 0.571. The van der Waals surface area contributed by atoms with E-state index >= 15 is 0 Å². The van der Waals surface area contributed by atoms with Crippen molar-refractivity contribution < 1.29 is 8.42 Å². The van der Waals surface area contributed by atoms with Crippen molar-refractivity contribution in [3.05, 3.63) is 29.8 Å². The molecule has 0 aliphatic rings. The Hall–Kier alpha value is -1.07. The molecule has 0 saturated carbocycles. The molecule has 0 aliphatic heterocycles. The summed E-state index contributed by atoms with van der Waals surface area (Å²) >= 11 is 0. The van der Waals surface area contributed by atoms with Gasteiger partial charge in [-0.05, 0) is 42.5 Å². The molecule has 19 heavy (non-hydrogen) atoms. The second kappa shape index (κ2) is 6.39. The molecule has 0 aromatic heterocycles. The molecule has 0 heterocycles. The van der Waals surface area contributed by atoms with Crippen molar-refractivity contribution in [2.45, 2.75) is 39.0 Å². The van der Waals surface area contributed by atoms with Crippen molar-refractivity contribution in [2.24, 2.45) is 5.73 Å². The number of hydrogen-bond donors (Lipinski definition) is 2. The van der Waals surface area contributed by atoms with Crippen LogP contribution in [0.15, 0.2) is 24.3 Å². The van der Waals surface area contributed by atoms with Gasteiger partial charge in [0, 0.05) is 5.69 Å². The van der Waals surface area contributed by atoms with Crippen LogP contribution >= 0.6 is 0 Å². The molecule has 3 N–H and O–H groups in total. The first-order chi connectivity index (χ1) is 8.74. The Balaban J connectivity index is 2.67. The zero-order chi connectivity index (χ0) is 14.5. The van der Waals surface area contributed by atoms with Gasteiger partial charge in [0.15, 0.2) is 0 Å². The van der Waals surface area contributed by atoms with Crippen LogP contribution in [-0.4, -0.2) is 20.7 Å². The average molecular weight is 284 g/mol. The summed E-state index contributed by atoms with van der Waals surface area (Å²) in [6, 6.07) is 7.53. The van der Waals surface area contributed by atoms with Crippen LogP contribution in [0.4, 0.5) is 5.69 Å². The predicted molar refractivity (Wildman–Crippen MR) is 80.8 cm³/mol. The van der Waals surface area contributed by atoms with Crippen molar-refractivity contribution in [3.8, 4) is 0 Å². The molecular weight excluding hydrogens is 260 g/mol. The number of rotatable bonds is 6. The number of benzene rings is 1. The van der Waals surface area contributed by atoms with E-state index in [1.54, 1.807) is 12.1 Å². The second-order valence-corrected chi connectivity index (χ2v) is 7.59. The molecule has 0 fully saturated rings. The molecule has 0 aliphatic carbocycles. The highest BCUT2D eigenvalue weighted by atomic mass is 32.2. The van der Waals surface area contributed by atoms with E-state index in [0.29, 0.717) is 18.7 Å². The van der Waals surface area contributed by atoms with Crippen LogP contribution < -0.4 is 10.5 Å². The Morgan fingerprint density at radius 2 is 1.68 bits per heavy atom. The van der Waals surface area contributed by atoms with Gasteiger partial charge in [0.1, 0.15) is 0 Å². The van der Waals surface area contributed by atoms with E-state index in [9.17, 15) is 8.42 Å². The normalized spacial score (nSPS) is 12.4. The molecule has 0 spiro atoms. The lowest BCUT2D eigenvalue weighted by Gasteiger charge is -2.19. The van der Waals surface area contributed by atoms with E-state index in [4.69, 9.17) is 5.73 Å². The Labute approximate surface area is 116 Å². The Bertz CT molecular complexity index is 487. The molecule has 0 unspecified atom stereocenters. The third-order valence-corrected chi connectivity index (χ3v) is 4.26. The molecule has 1 aromatic carbocycles. The number of anilines is 1. The largest absolute Gasteiger partial charge is 0.330 e. The maximum absolute atomic E-state index is 11.8. The molecule has 0 saturated heterocycles. The number of nitrogens with one attached hydrogen (secondary N) is 1. The van der Waals surface area contributed by atoms with Gasteiger partial charge in [-0.1, -0.05) is 32.9 Å². The van der Waals surface area contributed by atoms with Gasteiger partial charge in [-0.25, -0.2) is 8.42 Å². The van der Waals surface area contributed by atoms with Crippen LogP contribution in [0.25, 0.3) is 0 Å². The maximum Gasteiger partial charge on any atom is 0.232 e. The van der Waals surface area contributed by atoms with Crippen molar-refractivity contribution in [1.82, 2.24) is 0 Å². The third kappa shape index (κ3) is 5.61. The minimum Gasteiger partial charge on any atom is -0.330 e. The number of hydrogen-bond acceptors (Lipinski definition) is 3. The van der Waals surface area contributed by atoms with E-state index in [2.05, 4.69) is 25.5 Å². The lowest BCUT2D eigenvalue weighted by atomic mass is 9.87. The zero-order valence-corrected chi connectivity index (χ0v) is 12.8. The second-order valence-electron chi connectivity index (χ2n) is 5.74. The summed E-state index contributed by atoms with van der Waals surface area (Å²) in [4.78, 5) is 0. The summed E-state index contributed by atoms with van der Waals surface area (Å²) < 4.78 is 26.2. The van der Waals surface area contributed by atoms with Crippen molar-refractivity contribution in [2.75, 3.05) is 17.0 Å². The molecule has 108 valence electrons. The van der Waals surface area contributed by atoms with Crippen molar-refractivity contribution in [1.29, 1.82) is 0 Å². The minimum absolute atomic E-state index is 0.0680. The first-order valence-corrected chi connectivity index (χ1v) is 8.21. The smallest absolute Gasteiger partial charge is 0.232 e. The highest BCUT2D eigenvalue weighted by molar-refractivity contribution is 7.92. The molecule has 5 heteroatoms. The van der Waals surface area contributed by atoms with Crippen LogP contribution in [0.5, 0.6) is 0 Å². The van der Waals surface area contributed by atoms with E-state index in [1.165, 1.54) is 5.56 Å². The maximum atomic E-state index is 11.8. The lowest BCUT2D eigenvalue weighted by Crippen LogP contribution is -2.18. The summed E-state index contributed by atoms with van der Waals surface area (Å²) in [6.07, 6.45) is 1.32. The first kappa shape index (κ1) is 16.0. The standard InChI is InChI=1S/C14H24N2O2S/c1-14(2,3)12-6-8-13(9-7-12)16-19(17,18)11-5-4-10-15/h6-9,16H,4-5,10-11,15H2,1-3H3. The van der Waals surface area contributed by atoms with Gasteiger partial charge in [0.2, 0.25) is 10.0 Å². The quantitative estimate of drug-likeness (QED) is 0.788. The van der Waals surface area contributed by atoms with Gasteiger partial charge in [0.05, 0.1) is 5.75 Å². The fourth-order valence-electron chi connectivity index (χ4n) is 1.71. The molecule has 4 nitrogen and oxygen atoms in total. The third-order valence-electron chi connectivity index (χ3n) is 2.89. The summed E-state index contributed by atoms with van der Waals surface area (Å²) in [5.74, 6) is 0.116. The average Bonchev–Trinajstić information content (AvgIpc) is 2.28. The van der Waals surface area contributed by atoms with Gasteiger partial charge in [-0.3, -0.25) is 4.72 Å². The van der Waals surface area contributed by atoms with E-state index in [0.717, 1.165) is 6.42 Å². The summed E-state index contributed by atoms with van der Waals surface area (Å²) in [6.45, 7) is 6.90. The SMILES string of the molecule is CC(C)(C)c1ccc(NS(=O)(=O)CCCCN)cc1. The highest BCUT2D eigenvalue weighted by Gasteiger charge is 2.14. The number of nitrogens with two attached hydrogens (primary N) is 1. The minimum atomic E-state index is -3.26. The lowest BCUT2D eigenvalue weighted by molar-refractivity contribution is 0.590. The Morgan fingerprint density at radius 1 is 1.11 bits per heavy atom. The van der Waals surface area contributed by atoms with Crippen LogP contribution in [0.1, 0.15) is 39.2 Å². The fourth-order valence-corrected chi connectivity index (χ4v) is 2.89. The topological polar surface area (TPSA) is 72.2 Å². The molecule has 1 aromatic rings. The summed E-state index contributed by atoms with van der Waals surface area (Å²) in [5, 5.41) is 0. The van der Waals surface area contributed by atoms with Crippen molar-refractivity contribution >= 4 is 15.7 Å². The van der Waals surface area contributed by atoms with Crippen LogP contribution in [-0.2, 0) is 15.4 Å². The van der Waals surface area contributed by atoms with E-state index in [-0.39, 0.29) is 11.2 Å². The molecular formula is C14H24N2O2S. The van der Waals surface area contributed by atoms with Gasteiger partial charge < -0.3 is 5.73 Å². The number of sulfonamides is 1. The van der Waals surface area contributed by atoms with Gasteiger partial charge in [-0.15, -0.1) is 0 Å². The van der Waals surface area contributed by atoms with Gasteiger partial charge >= 0.3 is 0 Å². The Kier molecular flexibility index (Phi) is 5.38. The summed E-state index contributed by atoms with van der Waals surface area (Å²) in [7, 11) is -3.26. The van der Waals surface area contributed by atoms with Gasteiger partial charge in [0.25, 0.3) is 0 Å². The van der Waals surface area contributed by atoms with Crippen molar-refractivity contribution in [3.63, 3.8) is 0 Å². The summed E-state index contributed by atoms with van der Waals surface area (Å²) in [5.41, 5.74) is 7.21.